The number of likely N-dealkylation sites (tertiary alicyclic amines) is 1. The second-order valence-electron chi connectivity index (χ2n) is 8.66. The van der Waals surface area contributed by atoms with Crippen molar-refractivity contribution in [3.63, 3.8) is 0 Å². The van der Waals surface area contributed by atoms with Crippen molar-refractivity contribution in [2.24, 2.45) is 18.9 Å². The Balaban J connectivity index is 1.35. The predicted octanol–water partition coefficient (Wildman–Crippen LogP) is 1.37. The molecule has 0 N–H and O–H groups in total. The number of carbonyl (C=O) groups excluding carboxylic acids is 2. The number of methoxy groups -OCH3 is 1. The van der Waals surface area contributed by atoms with Gasteiger partial charge in [0, 0.05) is 38.9 Å². The van der Waals surface area contributed by atoms with Crippen LogP contribution in [0.4, 0.5) is 0 Å². The fourth-order valence-corrected chi connectivity index (χ4v) is 5.15. The Morgan fingerprint density at radius 2 is 2.23 bits per heavy atom. The van der Waals surface area contributed by atoms with E-state index in [2.05, 4.69) is 5.10 Å². The van der Waals surface area contributed by atoms with Crippen molar-refractivity contribution < 1.29 is 19.1 Å². The summed E-state index contributed by atoms with van der Waals surface area (Å²) in [7, 11) is 5.24. The van der Waals surface area contributed by atoms with Crippen molar-refractivity contribution in [3.05, 3.63) is 59.9 Å². The molecule has 0 unspecified atom stereocenters. The largest absolute Gasteiger partial charge is 0.497 e. The van der Waals surface area contributed by atoms with Crippen LogP contribution in [0.25, 0.3) is 0 Å². The lowest BCUT2D eigenvalue weighted by molar-refractivity contribution is -0.142. The Morgan fingerprint density at radius 1 is 1.39 bits per heavy atom. The van der Waals surface area contributed by atoms with Gasteiger partial charge in [-0.3, -0.25) is 14.3 Å². The molecule has 1 aromatic carbocycles. The number of carbonyl (C=O) groups is 2. The first kappa shape index (κ1) is 19.8. The first-order chi connectivity index (χ1) is 14.9. The standard InChI is InChI=1S/C23H26N4O4/c1-25(11-16-10-24-26(2)12-16)21(28)19-18-7-8-23(31-18)14-27(22(29)20(19)23)13-15-5-4-6-17(9-15)30-3/h4-10,12,18-20H,11,13-14H2,1-3H3/t18-,19+,20-,23-/m0/s1. The number of aromatic nitrogens is 2. The third kappa shape index (κ3) is 3.22. The summed E-state index contributed by atoms with van der Waals surface area (Å²) in [4.78, 5) is 30.3. The van der Waals surface area contributed by atoms with Crippen LogP contribution in [0.15, 0.2) is 48.8 Å². The molecular weight excluding hydrogens is 396 g/mol. The Morgan fingerprint density at radius 3 is 2.97 bits per heavy atom. The van der Waals surface area contributed by atoms with Gasteiger partial charge in [0.2, 0.25) is 11.8 Å². The second-order valence-corrected chi connectivity index (χ2v) is 8.66. The van der Waals surface area contributed by atoms with E-state index in [9.17, 15) is 9.59 Å². The van der Waals surface area contributed by atoms with E-state index >= 15 is 0 Å². The minimum absolute atomic E-state index is 0.0252. The monoisotopic (exact) mass is 422 g/mol. The number of ether oxygens (including phenoxy) is 2. The maximum atomic E-state index is 13.4. The maximum Gasteiger partial charge on any atom is 0.230 e. The van der Waals surface area contributed by atoms with E-state index in [0.29, 0.717) is 19.6 Å². The van der Waals surface area contributed by atoms with Gasteiger partial charge < -0.3 is 19.3 Å². The van der Waals surface area contributed by atoms with E-state index in [0.717, 1.165) is 16.9 Å². The topological polar surface area (TPSA) is 76.9 Å². The number of hydrogen-bond donors (Lipinski definition) is 0. The predicted molar refractivity (Wildman–Crippen MR) is 112 cm³/mol. The fraction of sp³-hybridized carbons (Fsp3) is 0.435. The molecule has 3 aliphatic heterocycles. The van der Waals surface area contributed by atoms with E-state index in [4.69, 9.17) is 9.47 Å². The summed E-state index contributed by atoms with van der Waals surface area (Å²) in [5.74, 6) is -0.333. The van der Waals surface area contributed by atoms with Crippen LogP contribution in [-0.4, -0.2) is 63.8 Å². The molecule has 1 spiro atoms. The number of hydrogen-bond acceptors (Lipinski definition) is 5. The third-order valence-electron chi connectivity index (χ3n) is 6.53. The van der Waals surface area contributed by atoms with Crippen molar-refractivity contribution in [1.82, 2.24) is 19.6 Å². The van der Waals surface area contributed by atoms with Gasteiger partial charge in [0.1, 0.15) is 11.4 Å². The number of amides is 2. The first-order valence-corrected chi connectivity index (χ1v) is 10.4. The van der Waals surface area contributed by atoms with Gasteiger partial charge >= 0.3 is 0 Å². The van der Waals surface area contributed by atoms with E-state index in [1.807, 2.05) is 49.7 Å². The van der Waals surface area contributed by atoms with Gasteiger partial charge in [-0.1, -0.05) is 24.3 Å². The molecule has 3 aliphatic rings. The molecule has 0 saturated carbocycles. The highest BCUT2D eigenvalue weighted by Gasteiger charge is 2.67. The molecule has 2 saturated heterocycles. The van der Waals surface area contributed by atoms with E-state index in [1.165, 1.54) is 0 Å². The van der Waals surface area contributed by atoms with Crippen molar-refractivity contribution in [1.29, 1.82) is 0 Å². The minimum atomic E-state index is -0.712. The highest BCUT2D eigenvalue weighted by molar-refractivity contribution is 5.93. The molecule has 0 radical (unpaired) electrons. The number of benzene rings is 1. The van der Waals surface area contributed by atoms with Crippen LogP contribution in [0.1, 0.15) is 11.1 Å². The lowest BCUT2D eigenvalue weighted by Crippen LogP contribution is -2.44. The molecule has 4 heterocycles. The van der Waals surface area contributed by atoms with Crippen LogP contribution in [0.3, 0.4) is 0 Å². The molecule has 2 amide bonds. The molecule has 4 atom stereocenters. The summed E-state index contributed by atoms with van der Waals surface area (Å²) in [6.07, 6.45) is 7.21. The molecule has 5 rings (SSSR count). The van der Waals surface area contributed by atoms with E-state index < -0.39 is 17.4 Å². The van der Waals surface area contributed by atoms with E-state index in [-0.39, 0.29) is 17.9 Å². The van der Waals surface area contributed by atoms with Gasteiger partial charge in [-0.25, -0.2) is 0 Å². The summed E-state index contributed by atoms with van der Waals surface area (Å²) in [5, 5.41) is 4.16. The number of aryl methyl sites for hydroxylation is 1. The lowest BCUT2D eigenvalue weighted by atomic mass is 9.76. The summed E-state index contributed by atoms with van der Waals surface area (Å²) < 4.78 is 13.3. The summed E-state index contributed by atoms with van der Waals surface area (Å²) in [6, 6.07) is 7.69. The van der Waals surface area contributed by atoms with Crippen LogP contribution in [-0.2, 0) is 34.5 Å². The average Bonchev–Trinajstić information content (AvgIpc) is 3.50. The fourth-order valence-electron chi connectivity index (χ4n) is 5.15. The molecule has 2 bridgehead atoms. The second kappa shape index (κ2) is 7.23. The van der Waals surface area contributed by atoms with Crippen molar-refractivity contribution in [2.75, 3.05) is 20.7 Å². The Labute approximate surface area is 181 Å². The van der Waals surface area contributed by atoms with Crippen LogP contribution in [0.5, 0.6) is 5.75 Å². The molecule has 31 heavy (non-hydrogen) atoms. The highest BCUT2D eigenvalue weighted by Crippen LogP contribution is 2.52. The van der Waals surface area contributed by atoms with Crippen LogP contribution in [0.2, 0.25) is 0 Å². The smallest absolute Gasteiger partial charge is 0.230 e. The average molecular weight is 422 g/mol. The Hall–Kier alpha value is -3.13. The molecule has 2 aromatic rings. The van der Waals surface area contributed by atoms with Gasteiger partial charge in [-0.15, -0.1) is 0 Å². The summed E-state index contributed by atoms with van der Waals surface area (Å²) in [5.41, 5.74) is 1.22. The first-order valence-electron chi connectivity index (χ1n) is 10.4. The van der Waals surface area contributed by atoms with Gasteiger partial charge in [0.15, 0.2) is 0 Å². The molecule has 1 aromatic heterocycles. The van der Waals surface area contributed by atoms with Gasteiger partial charge in [0.25, 0.3) is 0 Å². The van der Waals surface area contributed by atoms with Gasteiger partial charge in [-0.05, 0) is 17.7 Å². The SMILES string of the molecule is COc1cccc(CN2C[C@]34C=C[C@H](O3)[C@@H](C(=O)N(C)Cc3cnn(C)c3)[C@H]4C2=O)c1. The molecule has 2 fully saturated rings. The normalized spacial score (nSPS) is 28.3. The molecule has 8 heteroatoms. The summed E-state index contributed by atoms with van der Waals surface area (Å²) >= 11 is 0. The number of rotatable bonds is 6. The van der Waals surface area contributed by atoms with E-state index in [1.54, 1.807) is 34.8 Å². The number of fused-ring (bicyclic) bond motifs is 1. The Kier molecular flexibility index (Phi) is 4.62. The number of nitrogens with zero attached hydrogens (tertiary/aromatic N) is 4. The molecule has 162 valence electrons. The van der Waals surface area contributed by atoms with Crippen molar-refractivity contribution >= 4 is 11.8 Å². The van der Waals surface area contributed by atoms with Gasteiger partial charge in [-0.2, -0.15) is 5.10 Å². The highest BCUT2D eigenvalue weighted by atomic mass is 16.5. The zero-order valence-corrected chi connectivity index (χ0v) is 17.9. The van der Waals surface area contributed by atoms with Crippen molar-refractivity contribution in [3.8, 4) is 5.75 Å². The molecular formula is C23H26N4O4. The minimum Gasteiger partial charge on any atom is -0.497 e. The molecule has 0 aliphatic carbocycles. The van der Waals surface area contributed by atoms with Crippen LogP contribution < -0.4 is 4.74 Å². The zero-order valence-electron chi connectivity index (χ0n) is 17.9. The third-order valence-corrected chi connectivity index (χ3v) is 6.53. The zero-order chi connectivity index (χ0) is 21.8. The van der Waals surface area contributed by atoms with Crippen LogP contribution in [0, 0.1) is 11.8 Å². The van der Waals surface area contributed by atoms with Crippen LogP contribution >= 0.6 is 0 Å². The quantitative estimate of drug-likeness (QED) is 0.658. The van der Waals surface area contributed by atoms with Gasteiger partial charge in [0.05, 0.1) is 37.8 Å². The van der Waals surface area contributed by atoms with Crippen molar-refractivity contribution in [2.45, 2.75) is 24.8 Å². The Bertz CT molecular complexity index is 1060. The molecule has 8 nitrogen and oxygen atoms in total. The maximum absolute atomic E-state index is 13.4. The summed E-state index contributed by atoms with van der Waals surface area (Å²) in [6.45, 7) is 1.36. The lowest BCUT2D eigenvalue weighted by Gasteiger charge is -2.27.